The highest BCUT2D eigenvalue weighted by molar-refractivity contribution is 6.29. The van der Waals surface area contributed by atoms with Crippen molar-refractivity contribution in [2.24, 2.45) is 0 Å². The first-order valence-corrected chi connectivity index (χ1v) is 10.1. The minimum Gasteiger partial charge on any atom is -0.449 e. The third-order valence-electron chi connectivity index (χ3n) is 4.77. The first-order chi connectivity index (χ1) is 14.5. The monoisotopic (exact) mass is 422 g/mol. The van der Waals surface area contributed by atoms with Crippen LogP contribution in [-0.2, 0) is 11.2 Å². The number of ketones is 1. The number of amides is 1. The average molecular weight is 423 g/mol. The molecule has 0 unspecified atom stereocenters. The molecule has 0 N–H and O–H groups in total. The number of pyridine rings is 1. The molecule has 30 heavy (non-hydrogen) atoms. The number of halogens is 1. The molecule has 0 fully saturated rings. The largest absolute Gasteiger partial charge is 0.449 e. The van der Waals surface area contributed by atoms with Crippen molar-refractivity contribution in [2.75, 3.05) is 18.6 Å². The molecule has 154 valence electrons. The van der Waals surface area contributed by atoms with Crippen molar-refractivity contribution >= 4 is 29.2 Å². The maximum absolute atomic E-state index is 12.5. The maximum atomic E-state index is 12.5. The molecule has 0 saturated carbocycles. The van der Waals surface area contributed by atoms with Gasteiger partial charge < -0.3 is 4.74 Å². The summed E-state index contributed by atoms with van der Waals surface area (Å²) in [6.07, 6.45) is 2.35. The second-order valence-electron chi connectivity index (χ2n) is 6.79. The molecule has 0 radical (unpaired) electrons. The number of nitrogens with zero attached hydrogens (tertiary/aromatic N) is 2. The summed E-state index contributed by atoms with van der Waals surface area (Å²) in [6, 6.07) is 18.8. The highest BCUT2D eigenvalue weighted by Crippen LogP contribution is 2.24. The normalized spacial score (nSPS) is 10.5. The second kappa shape index (κ2) is 10.0. The predicted molar refractivity (Wildman–Crippen MR) is 119 cm³/mol. The van der Waals surface area contributed by atoms with Crippen molar-refractivity contribution in [3.8, 4) is 11.1 Å². The van der Waals surface area contributed by atoms with Crippen molar-refractivity contribution in [3.05, 3.63) is 83.1 Å². The van der Waals surface area contributed by atoms with Crippen LogP contribution in [0.25, 0.3) is 11.1 Å². The summed E-state index contributed by atoms with van der Waals surface area (Å²) in [5.74, 6) is 0.0860. The lowest BCUT2D eigenvalue weighted by Crippen LogP contribution is -2.26. The highest BCUT2D eigenvalue weighted by Gasteiger charge is 2.12. The summed E-state index contributed by atoms with van der Waals surface area (Å²) in [5, 5.41) is 0.446. The minimum absolute atomic E-state index is 0.0860. The maximum Gasteiger partial charge on any atom is 0.413 e. The van der Waals surface area contributed by atoms with E-state index in [-0.39, 0.29) is 11.9 Å². The summed E-state index contributed by atoms with van der Waals surface area (Å²) in [6.45, 7) is 2.11. The van der Waals surface area contributed by atoms with Crippen LogP contribution < -0.4 is 4.90 Å². The van der Waals surface area contributed by atoms with Gasteiger partial charge in [-0.15, -0.1) is 0 Å². The Bertz CT molecular complexity index is 1000. The smallest absolute Gasteiger partial charge is 0.413 e. The van der Waals surface area contributed by atoms with Gasteiger partial charge in [0.25, 0.3) is 0 Å². The second-order valence-corrected chi connectivity index (χ2v) is 7.18. The number of hydrogen-bond donors (Lipinski definition) is 0. The van der Waals surface area contributed by atoms with Gasteiger partial charge in [0.15, 0.2) is 5.78 Å². The summed E-state index contributed by atoms with van der Waals surface area (Å²) in [7, 11) is 1.67. The summed E-state index contributed by atoms with van der Waals surface area (Å²) in [5.41, 5.74) is 4.42. The van der Waals surface area contributed by atoms with Crippen molar-refractivity contribution in [2.45, 2.75) is 19.8 Å². The van der Waals surface area contributed by atoms with Crippen LogP contribution in [0, 0.1) is 0 Å². The van der Waals surface area contributed by atoms with Gasteiger partial charge in [-0.3, -0.25) is 9.69 Å². The number of anilines is 1. The number of aromatic nitrogens is 1. The topological polar surface area (TPSA) is 59.5 Å². The van der Waals surface area contributed by atoms with Crippen LogP contribution in [0.15, 0.2) is 66.9 Å². The Kier molecular flexibility index (Phi) is 7.20. The lowest BCUT2D eigenvalue weighted by atomic mass is 9.99. The number of ether oxygens (including phenoxy) is 1. The Morgan fingerprint density at radius 1 is 0.967 bits per heavy atom. The van der Waals surface area contributed by atoms with E-state index >= 15 is 0 Å². The molecule has 6 heteroatoms. The van der Waals surface area contributed by atoms with E-state index in [0.29, 0.717) is 30.2 Å². The van der Waals surface area contributed by atoms with E-state index in [1.807, 2.05) is 54.6 Å². The number of hydrogen-bond acceptors (Lipinski definition) is 4. The molecule has 0 bridgehead atoms. The molecular formula is C24H23ClN2O3. The molecule has 0 spiro atoms. The van der Waals surface area contributed by atoms with E-state index in [1.165, 1.54) is 4.90 Å². The van der Waals surface area contributed by atoms with E-state index in [2.05, 4.69) is 4.98 Å². The lowest BCUT2D eigenvalue weighted by molar-refractivity contribution is 0.0982. The summed E-state index contributed by atoms with van der Waals surface area (Å²) >= 11 is 5.79. The SMILES string of the molecule is CCOC(=O)N(C)c1ccc(-c2ccc(C(=O)CCc3ccc(Cl)nc3)cc2)cc1. The molecule has 5 nitrogen and oxygen atoms in total. The molecule has 0 saturated heterocycles. The number of rotatable bonds is 7. The first kappa shape index (κ1) is 21.5. The molecule has 1 heterocycles. The molecule has 0 atom stereocenters. The van der Waals surface area contributed by atoms with E-state index in [9.17, 15) is 9.59 Å². The number of carbonyl (C=O) groups is 2. The molecule has 1 amide bonds. The van der Waals surface area contributed by atoms with Crippen molar-refractivity contribution in [1.29, 1.82) is 0 Å². The van der Waals surface area contributed by atoms with E-state index in [4.69, 9.17) is 16.3 Å². The minimum atomic E-state index is -0.387. The van der Waals surface area contributed by atoms with Gasteiger partial charge in [0.1, 0.15) is 5.15 Å². The third-order valence-corrected chi connectivity index (χ3v) is 4.99. The van der Waals surface area contributed by atoms with Crippen LogP contribution in [0.5, 0.6) is 0 Å². The van der Waals surface area contributed by atoms with Gasteiger partial charge in [-0.1, -0.05) is 54.1 Å². The van der Waals surface area contributed by atoms with Crippen LogP contribution in [0.4, 0.5) is 10.5 Å². The molecule has 1 aromatic heterocycles. The predicted octanol–water partition coefficient (Wildman–Crippen LogP) is 5.81. The van der Waals surface area contributed by atoms with E-state index < -0.39 is 0 Å². The number of carbonyl (C=O) groups excluding carboxylic acids is 2. The Balaban J connectivity index is 1.62. The van der Waals surface area contributed by atoms with Crippen LogP contribution in [0.2, 0.25) is 5.15 Å². The van der Waals surface area contributed by atoms with E-state index in [1.54, 1.807) is 26.2 Å². The van der Waals surface area contributed by atoms with Gasteiger partial charge in [0.2, 0.25) is 0 Å². The summed E-state index contributed by atoms with van der Waals surface area (Å²) in [4.78, 5) is 29.8. The molecular weight excluding hydrogens is 400 g/mol. The average Bonchev–Trinajstić information content (AvgIpc) is 2.78. The van der Waals surface area contributed by atoms with Crippen LogP contribution in [0.3, 0.4) is 0 Å². The van der Waals surface area contributed by atoms with Crippen molar-refractivity contribution in [3.63, 3.8) is 0 Å². The number of benzene rings is 2. The zero-order chi connectivity index (χ0) is 21.5. The van der Waals surface area contributed by atoms with Gasteiger partial charge in [0, 0.05) is 30.9 Å². The van der Waals surface area contributed by atoms with Gasteiger partial charge in [-0.25, -0.2) is 9.78 Å². The standard InChI is InChI=1S/C24H23ClN2O3/c1-3-30-24(29)27(2)21-12-10-19(11-13-21)18-6-8-20(9-7-18)22(28)14-4-17-5-15-23(25)26-16-17/h5-13,15-16H,3-4,14H2,1-2H3. The van der Waals surface area contributed by atoms with Gasteiger partial charge in [-0.2, -0.15) is 0 Å². The van der Waals surface area contributed by atoms with Crippen LogP contribution >= 0.6 is 11.6 Å². The van der Waals surface area contributed by atoms with Crippen molar-refractivity contribution in [1.82, 2.24) is 4.98 Å². The molecule has 2 aromatic carbocycles. The molecule has 0 aliphatic rings. The molecule has 0 aliphatic heterocycles. The fraction of sp³-hybridized carbons (Fsp3) is 0.208. The van der Waals surface area contributed by atoms with Crippen molar-refractivity contribution < 1.29 is 14.3 Å². The fourth-order valence-electron chi connectivity index (χ4n) is 3.01. The van der Waals surface area contributed by atoms with E-state index in [0.717, 1.165) is 22.4 Å². The summed E-state index contributed by atoms with van der Waals surface area (Å²) < 4.78 is 5.01. The van der Waals surface area contributed by atoms with Crippen LogP contribution in [-0.4, -0.2) is 30.5 Å². The number of Topliss-reactive ketones (excluding diaryl/α,β-unsaturated/α-hetero) is 1. The van der Waals surface area contributed by atoms with Gasteiger partial charge >= 0.3 is 6.09 Å². The first-order valence-electron chi connectivity index (χ1n) is 9.72. The molecule has 3 aromatic rings. The van der Waals surface area contributed by atoms with Gasteiger partial charge in [0.05, 0.1) is 6.61 Å². The molecule has 3 rings (SSSR count). The highest BCUT2D eigenvalue weighted by atomic mass is 35.5. The third kappa shape index (κ3) is 5.45. The number of aryl methyl sites for hydroxylation is 1. The fourth-order valence-corrected chi connectivity index (χ4v) is 3.12. The van der Waals surface area contributed by atoms with Crippen LogP contribution in [0.1, 0.15) is 29.3 Å². The van der Waals surface area contributed by atoms with Gasteiger partial charge in [-0.05, 0) is 48.2 Å². The quantitative estimate of drug-likeness (QED) is 0.356. The Labute approximate surface area is 181 Å². The Morgan fingerprint density at radius 3 is 2.17 bits per heavy atom. The zero-order valence-corrected chi connectivity index (χ0v) is 17.7. The molecule has 0 aliphatic carbocycles. The lowest BCUT2D eigenvalue weighted by Gasteiger charge is -2.16. The zero-order valence-electron chi connectivity index (χ0n) is 17.0. The Morgan fingerprint density at radius 2 is 1.60 bits per heavy atom. The Hall–Kier alpha value is -3.18.